The largest absolute Gasteiger partial charge is 0.465 e. The average Bonchev–Trinajstić information content (AvgIpc) is 2.99. The van der Waals surface area contributed by atoms with E-state index in [0.29, 0.717) is 61.0 Å². The number of methoxy groups -OCH3 is 2. The first-order valence-electron chi connectivity index (χ1n) is 12.6. The van der Waals surface area contributed by atoms with Gasteiger partial charge < -0.3 is 19.1 Å². The second-order valence-electron chi connectivity index (χ2n) is 9.20. The summed E-state index contributed by atoms with van der Waals surface area (Å²) in [5, 5.41) is 0.655. The van der Waals surface area contributed by atoms with Gasteiger partial charge in [-0.3, -0.25) is 9.69 Å². The van der Waals surface area contributed by atoms with Crippen molar-refractivity contribution in [3.05, 3.63) is 106 Å². The van der Waals surface area contributed by atoms with Crippen LogP contribution in [0.3, 0.4) is 0 Å². The van der Waals surface area contributed by atoms with E-state index >= 15 is 0 Å². The highest BCUT2D eigenvalue weighted by molar-refractivity contribution is 6.30. The Morgan fingerprint density at radius 3 is 1.79 bits per heavy atom. The summed E-state index contributed by atoms with van der Waals surface area (Å²) in [5.41, 5.74) is 3.38. The van der Waals surface area contributed by atoms with E-state index in [9.17, 15) is 14.4 Å². The third-order valence-electron chi connectivity index (χ3n) is 6.70. The lowest BCUT2D eigenvalue weighted by Crippen LogP contribution is -2.49. The van der Waals surface area contributed by atoms with Crippen LogP contribution in [0.5, 0.6) is 0 Å². The molecule has 1 atom stereocenters. The first-order chi connectivity index (χ1) is 18.9. The predicted octanol–water partition coefficient (Wildman–Crippen LogP) is 4.63. The van der Waals surface area contributed by atoms with Gasteiger partial charge in [0.05, 0.1) is 38.1 Å². The van der Waals surface area contributed by atoms with Gasteiger partial charge in [-0.05, 0) is 59.7 Å². The molecule has 1 aliphatic rings. The maximum atomic E-state index is 13.0. The molecular formula is C30H31ClN2O6. The topological polar surface area (TPSA) is 85.4 Å². The Balaban J connectivity index is 1.36. The zero-order valence-electron chi connectivity index (χ0n) is 22.0. The number of rotatable bonds is 9. The molecular weight excluding hydrogens is 520 g/mol. The first-order valence-corrected chi connectivity index (χ1v) is 13.0. The quantitative estimate of drug-likeness (QED) is 0.359. The Hall–Kier alpha value is -3.72. The van der Waals surface area contributed by atoms with E-state index in [4.69, 9.17) is 25.8 Å². The van der Waals surface area contributed by atoms with E-state index in [1.807, 2.05) is 41.3 Å². The molecule has 1 amide bonds. The van der Waals surface area contributed by atoms with Crippen LogP contribution in [-0.2, 0) is 20.8 Å². The van der Waals surface area contributed by atoms with Crippen molar-refractivity contribution >= 4 is 29.4 Å². The van der Waals surface area contributed by atoms with Gasteiger partial charge in [0.15, 0.2) is 0 Å². The van der Waals surface area contributed by atoms with Crippen LogP contribution < -0.4 is 0 Å². The van der Waals surface area contributed by atoms with Crippen LogP contribution in [0.25, 0.3) is 0 Å². The molecule has 0 aliphatic carbocycles. The highest BCUT2D eigenvalue weighted by Gasteiger charge is 2.25. The summed E-state index contributed by atoms with van der Waals surface area (Å²) in [6.45, 7) is 3.59. The number of amides is 1. The van der Waals surface area contributed by atoms with Crippen molar-refractivity contribution in [3.63, 3.8) is 0 Å². The van der Waals surface area contributed by atoms with Crippen LogP contribution in [-0.4, -0.2) is 74.6 Å². The normalized spacial score (nSPS) is 14.5. The summed E-state index contributed by atoms with van der Waals surface area (Å²) in [6, 6.07) is 21.3. The maximum absolute atomic E-state index is 13.0. The van der Waals surface area contributed by atoms with Crippen molar-refractivity contribution in [2.75, 3.05) is 46.9 Å². The van der Waals surface area contributed by atoms with Crippen LogP contribution in [0.15, 0.2) is 72.8 Å². The van der Waals surface area contributed by atoms with E-state index < -0.39 is 5.97 Å². The Morgan fingerprint density at radius 2 is 1.26 bits per heavy atom. The number of halogens is 1. The molecule has 0 radical (unpaired) electrons. The highest BCUT2D eigenvalue weighted by Crippen LogP contribution is 2.24. The zero-order valence-corrected chi connectivity index (χ0v) is 22.7. The van der Waals surface area contributed by atoms with Crippen molar-refractivity contribution in [2.24, 2.45) is 0 Å². The van der Waals surface area contributed by atoms with E-state index in [1.165, 1.54) is 14.2 Å². The minimum atomic E-state index is -0.432. The molecule has 204 valence electrons. The molecule has 0 saturated carbocycles. The molecule has 0 bridgehead atoms. The molecule has 0 unspecified atom stereocenters. The van der Waals surface area contributed by atoms with E-state index in [-0.39, 0.29) is 18.0 Å². The molecule has 3 aromatic rings. The molecule has 3 aromatic carbocycles. The number of hydrogen-bond donors (Lipinski definition) is 0. The second-order valence-corrected chi connectivity index (χ2v) is 9.64. The summed E-state index contributed by atoms with van der Waals surface area (Å²) in [7, 11) is 2.68. The summed E-state index contributed by atoms with van der Waals surface area (Å²) in [4.78, 5) is 40.5. The van der Waals surface area contributed by atoms with E-state index in [0.717, 1.165) is 11.1 Å². The van der Waals surface area contributed by atoms with Gasteiger partial charge in [-0.25, -0.2) is 9.59 Å². The number of carbonyl (C=O) groups is 3. The minimum Gasteiger partial charge on any atom is -0.465 e. The highest BCUT2D eigenvalue weighted by atomic mass is 35.5. The number of piperazine rings is 1. The minimum absolute atomic E-state index is 0.0630. The van der Waals surface area contributed by atoms with Crippen molar-refractivity contribution < 1.29 is 28.6 Å². The van der Waals surface area contributed by atoms with Crippen LogP contribution in [0.4, 0.5) is 0 Å². The van der Waals surface area contributed by atoms with Crippen molar-refractivity contribution in [2.45, 2.75) is 12.7 Å². The molecule has 0 N–H and O–H groups in total. The zero-order chi connectivity index (χ0) is 27.8. The van der Waals surface area contributed by atoms with Crippen LogP contribution in [0.2, 0.25) is 5.02 Å². The van der Waals surface area contributed by atoms with Gasteiger partial charge in [0.1, 0.15) is 0 Å². The van der Waals surface area contributed by atoms with Crippen molar-refractivity contribution in [1.29, 1.82) is 0 Å². The Labute approximate surface area is 233 Å². The number of hydrogen-bond acceptors (Lipinski definition) is 7. The summed E-state index contributed by atoms with van der Waals surface area (Å²) in [6.07, 6.45) is -0.212. The average molecular weight is 551 g/mol. The fraction of sp³-hybridized carbons (Fsp3) is 0.300. The Morgan fingerprint density at radius 1 is 0.744 bits per heavy atom. The van der Waals surface area contributed by atoms with Crippen molar-refractivity contribution in [3.8, 4) is 0 Å². The van der Waals surface area contributed by atoms with Gasteiger partial charge in [-0.1, -0.05) is 35.9 Å². The van der Waals surface area contributed by atoms with E-state index in [2.05, 4.69) is 4.90 Å². The smallest absolute Gasteiger partial charge is 0.337 e. The van der Waals surface area contributed by atoms with Gasteiger partial charge >= 0.3 is 11.9 Å². The predicted molar refractivity (Wildman–Crippen MR) is 147 cm³/mol. The molecule has 0 spiro atoms. The maximum Gasteiger partial charge on any atom is 0.337 e. The molecule has 1 heterocycles. The SMILES string of the molecule is COC(=O)c1ccc(CO[C@@H](CN2CCN(C(=O)c3ccc(C(=O)OC)cc3)CC2)c2ccc(Cl)cc2)cc1. The van der Waals surface area contributed by atoms with Gasteiger partial charge in [-0.15, -0.1) is 0 Å². The Bertz CT molecular complexity index is 1270. The number of carbonyl (C=O) groups excluding carboxylic acids is 3. The molecule has 4 rings (SSSR count). The standard InChI is InChI=1S/C30H31ClN2O6/c1-37-29(35)24-5-3-21(4-6-24)20-39-27(22-11-13-26(31)14-12-22)19-32-15-17-33(18-16-32)28(34)23-7-9-25(10-8-23)30(36)38-2/h3-14,27H,15-20H2,1-2H3/t27-/m0/s1. The number of nitrogens with zero attached hydrogens (tertiary/aromatic N) is 2. The monoisotopic (exact) mass is 550 g/mol. The molecule has 39 heavy (non-hydrogen) atoms. The molecule has 1 aliphatic heterocycles. The third kappa shape index (κ3) is 7.44. The number of benzene rings is 3. The molecule has 1 fully saturated rings. The summed E-state index contributed by atoms with van der Waals surface area (Å²) >= 11 is 6.11. The molecule has 0 aromatic heterocycles. The van der Waals surface area contributed by atoms with Gasteiger partial charge in [0.25, 0.3) is 5.91 Å². The van der Waals surface area contributed by atoms with Crippen molar-refractivity contribution in [1.82, 2.24) is 9.80 Å². The Kier molecular flexibility index (Phi) is 9.70. The van der Waals surface area contributed by atoms with Crippen LogP contribution in [0.1, 0.15) is 48.3 Å². The lowest BCUT2D eigenvalue weighted by Gasteiger charge is -2.36. The molecule has 9 heteroatoms. The second kappa shape index (κ2) is 13.4. The van der Waals surface area contributed by atoms with Gasteiger partial charge in [0, 0.05) is 43.3 Å². The number of esters is 2. The summed E-state index contributed by atoms with van der Waals surface area (Å²) < 4.78 is 15.8. The van der Waals surface area contributed by atoms with Crippen LogP contribution >= 0.6 is 11.6 Å². The molecule has 8 nitrogen and oxygen atoms in total. The van der Waals surface area contributed by atoms with Crippen LogP contribution in [0, 0.1) is 0 Å². The summed E-state index contributed by atoms with van der Waals surface area (Å²) in [5.74, 6) is -0.873. The number of ether oxygens (including phenoxy) is 3. The van der Waals surface area contributed by atoms with Gasteiger partial charge in [0.2, 0.25) is 0 Å². The van der Waals surface area contributed by atoms with Gasteiger partial charge in [-0.2, -0.15) is 0 Å². The molecule has 1 saturated heterocycles. The fourth-order valence-electron chi connectivity index (χ4n) is 4.40. The first kappa shape index (κ1) is 28.3. The van der Waals surface area contributed by atoms with E-state index in [1.54, 1.807) is 36.4 Å². The lowest BCUT2D eigenvalue weighted by atomic mass is 10.1. The fourth-order valence-corrected chi connectivity index (χ4v) is 4.53. The third-order valence-corrected chi connectivity index (χ3v) is 6.96. The lowest BCUT2D eigenvalue weighted by molar-refractivity contribution is 0.00340.